The van der Waals surface area contributed by atoms with Crippen LogP contribution in [0.15, 0.2) is 36.3 Å². The Labute approximate surface area is 138 Å². The van der Waals surface area contributed by atoms with E-state index in [1.807, 2.05) is 20.8 Å². The van der Waals surface area contributed by atoms with Gasteiger partial charge in [-0.05, 0) is 38.5 Å². The Balaban J connectivity index is 1.94. The molecular weight excluding hydrogens is 317 g/mol. The predicted octanol–water partition coefficient (Wildman–Crippen LogP) is 3.11. The topological polar surface area (TPSA) is 72.9 Å². The van der Waals surface area contributed by atoms with Crippen LogP contribution < -0.4 is 4.74 Å². The third-order valence-corrected chi connectivity index (χ3v) is 3.00. The minimum Gasteiger partial charge on any atom is -0.488 e. The largest absolute Gasteiger partial charge is 0.488 e. The number of imide groups is 1. The third kappa shape index (κ3) is 4.65. The molecule has 0 aromatic heterocycles. The summed E-state index contributed by atoms with van der Waals surface area (Å²) in [5.41, 5.74) is 0.353. The van der Waals surface area contributed by atoms with Crippen LogP contribution in [0.25, 0.3) is 0 Å². The molecule has 2 amide bonds. The summed E-state index contributed by atoms with van der Waals surface area (Å²) in [5.74, 6) is -2.23. The summed E-state index contributed by atoms with van der Waals surface area (Å²) < 4.78 is 23.8. The first kappa shape index (κ1) is 17.7. The molecule has 0 unspecified atom stereocenters. The van der Waals surface area contributed by atoms with Gasteiger partial charge in [0.15, 0.2) is 5.83 Å². The van der Waals surface area contributed by atoms with E-state index in [4.69, 9.17) is 9.47 Å². The zero-order valence-corrected chi connectivity index (χ0v) is 13.7. The van der Waals surface area contributed by atoms with E-state index in [0.717, 1.165) is 0 Å². The molecule has 1 aliphatic rings. The number of allylic oxidation sites excluding steroid dienone is 1. The second-order valence-corrected chi connectivity index (χ2v) is 6.25. The lowest BCUT2D eigenvalue weighted by Crippen LogP contribution is -2.37. The molecule has 0 atom stereocenters. The van der Waals surface area contributed by atoms with Crippen molar-refractivity contribution in [1.29, 1.82) is 0 Å². The summed E-state index contributed by atoms with van der Waals surface area (Å²) in [6.07, 6.45) is -1.16. The average Bonchev–Trinajstić information content (AvgIpc) is 2.48. The Morgan fingerprint density at radius 1 is 1.21 bits per heavy atom. The standard InChI is InChI=1S/C17H18FNO5/c1-17(2,3)24-12-6-4-11(5-7-12)10-23-16(22)19-9-13(18)14(20)8-15(19)21/h4-7,9H,8,10H2,1-3H3. The Kier molecular flexibility index (Phi) is 5.02. The van der Waals surface area contributed by atoms with Crippen LogP contribution in [-0.4, -0.2) is 28.3 Å². The summed E-state index contributed by atoms with van der Waals surface area (Å²) >= 11 is 0. The molecule has 1 heterocycles. The molecule has 0 fully saturated rings. The summed E-state index contributed by atoms with van der Waals surface area (Å²) in [7, 11) is 0. The Hall–Kier alpha value is -2.70. The molecule has 128 valence electrons. The lowest BCUT2D eigenvalue weighted by Gasteiger charge is -2.21. The third-order valence-electron chi connectivity index (χ3n) is 3.00. The minimum absolute atomic E-state index is 0.0954. The maximum Gasteiger partial charge on any atom is 0.421 e. The van der Waals surface area contributed by atoms with E-state index in [-0.39, 0.29) is 12.2 Å². The highest BCUT2D eigenvalue weighted by atomic mass is 19.1. The normalized spacial score (nSPS) is 15.2. The number of Topliss-reactive ketones (excluding diaryl/α,β-unsaturated/α-hetero) is 1. The molecule has 7 heteroatoms. The summed E-state index contributed by atoms with van der Waals surface area (Å²) in [6, 6.07) is 6.90. The quantitative estimate of drug-likeness (QED) is 0.794. The number of ether oxygens (including phenoxy) is 2. The number of benzene rings is 1. The lowest BCUT2D eigenvalue weighted by molar-refractivity contribution is -0.133. The highest BCUT2D eigenvalue weighted by Gasteiger charge is 2.31. The molecule has 0 aliphatic carbocycles. The highest BCUT2D eigenvalue weighted by Crippen LogP contribution is 2.19. The Morgan fingerprint density at radius 3 is 2.42 bits per heavy atom. The SMILES string of the molecule is CC(C)(C)Oc1ccc(COC(=O)N2C=C(F)C(=O)CC2=O)cc1. The van der Waals surface area contributed by atoms with E-state index < -0.39 is 30.0 Å². The summed E-state index contributed by atoms with van der Waals surface area (Å²) in [4.78, 5) is 34.9. The maximum absolute atomic E-state index is 13.2. The fourth-order valence-electron chi connectivity index (χ4n) is 1.94. The van der Waals surface area contributed by atoms with Crippen molar-refractivity contribution < 1.29 is 28.2 Å². The minimum atomic E-state index is -1.14. The van der Waals surface area contributed by atoms with Crippen molar-refractivity contribution in [1.82, 2.24) is 4.90 Å². The van der Waals surface area contributed by atoms with Crippen LogP contribution >= 0.6 is 0 Å². The van der Waals surface area contributed by atoms with Crippen LogP contribution in [0, 0.1) is 0 Å². The van der Waals surface area contributed by atoms with Gasteiger partial charge >= 0.3 is 6.09 Å². The zero-order chi connectivity index (χ0) is 17.9. The van der Waals surface area contributed by atoms with Crippen molar-refractivity contribution in [3.63, 3.8) is 0 Å². The lowest BCUT2D eigenvalue weighted by atomic mass is 10.2. The number of hydrogen-bond acceptors (Lipinski definition) is 5. The highest BCUT2D eigenvalue weighted by molar-refractivity contribution is 6.12. The van der Waals surface area contributed by atoms with Gasteiger partial charge in [-0.1, -0.05) is 12.1 Å². The zero-order valence-electron chi connectivity index (χ0n) is 13.7. The number of carbonyl (C=O) groups excluding carboxylic acids is 3. The number of amides is 2. The molecule has 1 aliphatic heterocycles. The molecule has 24 heavy (non-hydrogen) atoms. The van der Waals surface area contributed by atoms with Crippen LogP contribution in [0.4, 0.5) is 9.18 Å². The van der Waals surface area contributed by atoms with Crippen molar-refractivity contribution in [3.8, 4) is 5.75 Å². The van der Waals surface area contributed by atoms with E-state index >= 15 is 0 Å². The molecule has 1 aromatic carbocycles. The molecule has 0 saturated carbocycles. The van der Waals surface area contributed by atoms with Gasteiger partial charge in [-0.25, -0.2) is 14.1 Å². The van der Waals surface area contributed by atoms with Crippen molar-refractivity contribution in [2.75, 3.05) is 0 Å². The first-order valence-corrected chi connectivity index (χ1v) is 7.33. The summed E-state index contributed by atoms with van der Waals surface area (Å²) in [5, 5.41) is 0. The Bertz CT molecular complexity index is 688. The molecule has 0 saturated heterocycles. The number of rotatable bonds is 3. The van der Waals surface area contributed by atoms with Gasteiger partial charge < -0.3 is 9.47 Å². The maximum atomic E-state index is 13.2. The van der Waals surface area contributed by atoms with Crippen LogP contribution in [0.2, 0.25) is 0 Å². The van der Waals surface area contributed by atoms with Crippen molar-refractivity contribution in [2.45, 2.75) is 39.4 Å². The van der Waals surface area contributed by atoms with E-state index in [1.54, 1.807) is 24.3 Å². The van der Waals surface area contributed by atoms with Crippen molar-refractivity contribution >= 4 is 17.8 Å². The van der Waals surface area contributed by atoms with Gasteiger partial charge in [-0.3, -0.25) is 9.59 Å². The summed E-state index contributed by atoms with van der Waals surface area (Å²) in [6.45, 7) is 5.68. The smallest absolute Gasteiger partial charge is 0.421 e. The van der Waals surface area contributed by atoms with Crippen LogP contribution in [0.5, 0.6) is 5.75 Å². The number of nitrogens with zero attached hydrogens (tertiary/aromatic N) is 1. The van der Waals surface area contributed by atoms with E-state index in [2.05, 4.69) is 0 Å². The van der Waals surface area contributed by atoms with Crippen molar-refractivity contribution in [2.24, 2.45) is 0 Å². The number of carbonyl (C=O) groups is 3. The van der Waals surface area contributed by atoms with Crippen LogP contribution in [-0.2, 0) is 20.9 Å². The monoisotopic (exact) mass is 335 g/mol. The molecule has 6 nitrogen and oxygen atoms in total. The van der Waals surface area contributed by atoms with Crippen molar-refractivity contribution in [3.05, 3.63) is 41.9 Å². The van der Waals surface area contributed by atoms with Gasteiger partial charge in [-0.2, -0.15) is 0 Å². The number of halogens is 1. The molecule has 0 spiro atoms. The number of hydrogen-bond donors (Lipinski definition) is 0. The molecule has 0 bridgehead atoms. The molecule has 0 N–H and O–H groups in total. The van der Waals surface area contributed by atoms with Crippen LogP contribution in [0.1, 0.15) is 32.8 Å². The fraction of sp³-hybridized carbons (Fsp3) is 0.353. The second-order valence-electron chi connectivity index (χ2n) is 6.25. The molecular formula is C17H18FNO5. The van der Waals surface area contributed by atoms with Gasteiger partial charge in [0.2, 0.25) is 11.7 Å². The second kappa shape index (κ2) is 6.82. The van der Waals surface area contributed by atoms with E-state index in [1.165, 1.54) is 0 Å². The molecule has 0 radical (unpaired) electrons. The van der Waals surface area contributed by atoms with Gasteiger partial charge in [0.25, 0.3) is 0 Å². The van der Waals surface area contributed by atoms with E-state index in [9.17, 15) is 18.8 Å². The van der Waals surface area contributed by atoms with Gasteiger partial charge in [0, 0.05) is 0 Å². The van der Waals surface area contributed by atoms with Gasteiger partial charge in [-0.15, -0.1) is 0 Å². The first-order valence-electron chi connectivity index (χ1n) is 7.33. The fourth-order valence-corrected chi connectivity index (χ4v) is 1.94. The van der Waals surface area contributed by atoms with Gasteiger partial charge in [0.05, 0.1) is 12.6 Å². The number of ketones is 1. The first-order chi connectivity index (χ1) is 11.2. The van der Waals surface area contributed by atoms with Gasteiger partial charge in [0.1, 0.15) is 18.0 Å². The predicted molar refractivity (Wildman–Crippen MR) is 82.7 cm³/mol. The van der Waals surface area contributed by atoms with E-state index in [0.29, 0.717) is 22.4 Å². The van der Waals surface area contributed by atoms with Crippen LogP contribution in [0.3, 0.4) is 0 Å². The molecule has 2 rings (SSSR count). The molecule has 1 aromatic rings. The Morgan fingerprint density at radius 2 is 1.83 bits per heavy atom. The average molecular weight is 335 g/mol.